The molecule has 0 aromatic rings. The van der Waals surface area contributed by atoms with Crippen molar-refractivity contribution in [1.82, 2.24) is 4.90 Å². The molecule has 1 saturated heterocycles. The first-order valence-electron chi connectivity index (χ1n) is 5.50. The fourth-order valence-electron chi connectivity index (χ4n) is 1.51. The van der Waals surface area contributed by atoms with Crippen molar-refractivity contribution in [3.63, 3.8) is 0 Å². The van der Waals surface area contributed by atoms with Crippen LogP contribution in [0.1, 0.15) is 33.6 Å². The number of amides is 1. The number of nitrogens with zero attached hydrogens (tertiary/aromatic N) is 1. The molecule has 1 aliphatic rings. The summed E-state index contributed by atoms with van der Waals surface area (Å²) in [6.07, 6.45) is 1.76. The fraction of sp³-hybridized carbons (Fsp3) is 0.909. The molecule has 0 bridgehead atoms. The number of carbonyl (C=O) groups excluding carboxylic acids is 1. The molecule has 1 fully saturated rings. The molecule has 0 aromatic carbocycles. The molecule has 3 heteroatoms. The highest BCUT2D eigenvalue weighted by Crippen LogP contribution is 2.15. The number of carbonyl (C=O) groups is 1. The maximum absolute atomic E-state index is 11.3. The first-order valence-corrected chi connectivity index (χ1v) is 5.50. The minimum absolute atomic E-state index is 0.283. The number of hydrogen-bond acceptors (Lipinski definition) is 2. The number of hydrogen-bond donors (Lipinski definition) is 0. The van der Waals surface area contributed by atoms with E-state index in [0.717, 1.165) is 19.5 Å². The van der Waals surface area contributed by atoms with Crippen LogP contribution in [0.3, 0.4) is 0 Å². The second-order valence-electron chi connectivity index (χ2n) is 3.48. The van der Waals surface area contributed by atoms with Crippen molar-refractivity contribution in [2.45, 2.75) is 33.6 Å². The highest BCUT2D eigenvalue weighted by atomic mass is 16.5. The minimum atomic E-state index is 0.283. The molecule has 1 rings (SSSR count). The maximum Gasteiger partial charge on any atom is 0.222 e. The van der Waals surface area contributed by atoms with E-state index in [1.165, 1.54) is 0 Å². The Morgan fingerprint density at radius 3 is 2.71 bits per heavy atom. The predicted molar refractivity (Wildman–Crippen MR) is 58.2 cm³/mol. The lowest BCUT2D eigenvalue weighted by Gasteiger charge is -2.30. The van der Waals surface area contributed by atoms with Crippen LogP contribution in [0, 0.1) is 5.92 Å². The first kappa shape index (κ1) is 13.4. The van der Waals surface area contributed by atoms with Crippen molar-refractivity contribution < 1.29 is 9.53 Å². The highest BCUT2D eigenvalue weighted by Gasteiger charge is 2.21. The van der Waals surface area contributed by atoms with Crippen LogP contribution in [-0.2, 0) is 9.53 Å². The quantitative estimate of drug-likeness (QED) is 0.698. The molecule has 0 saturated carbocycles. The van der Waals surface area contributed by atoms with E-state index in [4.69, 9.17) is 4.74 Å². The summed E-state index contributed by atoms with van der Waals surface area (Å²) >= 11 is 0. The Bertz CT molecular complexity index is 159. The van der Waals surface area contributed by atoms with Crippen molar-refractivity contribution in [2.75, 3.05) is 26.8 Å². The molecular weight excluding hydrogens is 178 g/mol. The van der Waals surface area contributed by atoms with Gasteiger partial charge in [0.15, 0.2) is 0 Å². The van der Waals surface area contributed by atoms with Crippen LogP contribution in [0.5, 0.6) is 0 Å². The molecule has 1 unspecified atom stereocenters. The van der Waals surface area contributed by atoms with Gasteiger partial charge in [-0.25, -0.2) is 0 Å². The monoisotopic (exact) mass is 201 g/mol. The average molecular weight is 201 g/mol. The van der Waals surface area contributed by atoms with E-state index < -0.39 is 0 Å². The number of piperidine rings is 1. The molecule has 3 nitrogen and oxygen atoms in total. The van der Waals surface area contributed by atoms with Gasteiger partial charge in [-0.15, -0.1) is 0 Å². The lowest BCUT2D eigenvalue weighted by molar-refractivity contribution is -0.135. The Morgan fingerprint density at radius 2 is 2.14 bits per heavy atom. The van der Waals surface area contributed by atoms with Gasteiger partial charge in [-0.1, -0.05) is 20.8 Å². The van der Waals surface area contributed by atoms with Crippen LogP contribution >= 0.6 is 0 Å². The number of likely N-dealkylation sites (tertiary alicyclic amines) is 1. The molecule has 14 heavy (non-hydrogen) atoms. The molecular formula is C11H23NO2. The molecule has 0 spiro atoms. The number of rotatable bonds is 3. The topological polar surface area (TPSA) is 29.5 Å². The zero-order chi connectivity index (χ0) is 11.0. The van der Waals surface area contributed by atoms with Crippen LogP contribution in [0.4, 0.5) is 0 Å². The van der Waals surface area contributed by atoms with Crippen LogP contribution in [0.25, 0.3) is 0 Å². The third-order valence-electron chi connectivity index (χ3n) is 2.30. The Balaban J connectivity index is 0.000000791. The Kier molecular flexibility index (Phi) is 7.48. The maximum atomic E-state index is 11.3. The summed E-state index contributed by atoms with van der Waals surface area (Å²) in [5, 5.41) is 0. The van der Waals surface area contributed by atoms with Gasteiger partial charge < -0.3 is 9.64 Å². The molecule has 0 radical (unpaired) electrons. The van der Waals surface area contributed by atoms with Crippen molar-refractivity contribution in [3.05, 3.63) is 0 Å². The molecule has 0 aromatic heterocycles. The van der Waals surface area contributed by atoms with E-state index in [1.807, 2.05) is 18.7 Å². The Morgan fingerprint density at radius 1 is 1.50 bits per heavy atom. The summed E-state index contributed by atoms with van der Waals surface area (Å²) in [6.45, 7) is 8.49. The standard InChI is InChI=1S/C9H17NO2.C2H6/c1-8-3-4-9(11)10(7-8)5-6-12-2;1-2/h8H,3-7H2,1-2H3;1-2H3. The van der Waals surface area contributed by atoms with Crippen LogP contribution in [0.2, 0.25) is 0 Å². The van der Waals surface area contributed by atoms with E-state index in [-0.39, 0.29) is 5.91 Å². The smallest absolute Gasteiger partial charge is 0.222 e. The van der Waals surface area contributed by atoms with Gasteiger partial charge >= 0.3 is 0 Å². The van der Waals surface area contributed by atoms with E-state index in [9.17, 15) is 4.79 Å². The van der Waals surface area contributed by atoms with Crippen LogP contribution < -0.4 is 0 Å². The second-order valence-corrected chi connectivity index (χ2v) is 3.48. The summed E-state index contributed by atoms with van der Waals surface area (Å²) in [4.78, 5) is 13.2. The van der Waals surface area contributed by atoms with Crippen molar-refractivity contribution in [3.8, 4) is 0 Å². The zero-order valence-electron chi connectivity index (χ0n) is 9.88. The second kappa shape index (κ2) is 7.80. The molecule has 1 heterocycles. The van der Waals surface area contributed by atoms with Crippen molar-refractivity contribution in [1.29, 1.82) is 0 Å². The number of methoxy groups -OCH3 is 1. The van der Waals surface area contributed by atoms with E-state index >= 15 is 0 Å². The minimum Gasteiger partial charge on any atom is -0.383 e. The first-order chi connectivity index (χ1) is 6.74. The summed E-state index contributed by atoms with van der Waals surface area (Å²) in [7, 11) is 1.66. The summed E-state index contributed by atoms with van der Waals surface area (Å²) in [5.41, 5.74) is 0. The molecule has 1 amide bonds. The SMILES string of the molecule is CC.COCCN1CC(C)CCC1=O. The van der Waals surface area contributed by atoms with Gasteiger partial charge in [0.25, 0.3) is 0 Å². The third kappa shape index (κ3) is 4.61. The van der Waals surface area contributed by atoms with Crippen LogP contribution in [0.15, 0.2) is 0 Å². The van der Waals surface area contributed by atoms with Gasteiger partial charge in [0.05, 0.1) is 6.61 Å². The fourth-order valence-corrected chi connectivity index (χ4v) is 1.51. The normalized spacial score (nSPS) is 21.6. The zero-order valence-corrected chi connectivity index (χ0v) is 9.88. The summed E-state index contributed by atoms with van der Waals surface area (Å²) < 4.78 is 4.93. The van der Waals surface area contributed by atoms with E-state index in [0.29, 0.717) is 18.9 Å². The van der Waals surface area contributed by atoms with Crippen molar-refractivity contribution >= 4 is 5.91 Å². The summed E-state index contributed by atoms with van der Waals surface area (Å²) in [6, 6.07) is 0. The van der Waals surface area contributed by atoms with Gasteiger partial charge in [0.1, 0.15) is 0 Å². The molecule has 84 valence electrons. The number of ether oxygens (including phenoxy) is 1. The Hall–Kier alpha value is -0.570. The summed E-state index contributed by atoms with van der Waals surface area (Å²) in [5.74, 6) is 0.935. The van der Waals surface area contributed by atoms with E-state index in [2.05, 4.69) is 6.92 Å². The van der Waals surface area contributed by atoms with Gasteiger partial charge in [-0.05, 0) is 12.3 Å². The van der Waals surface area contributed by atoms with E-state index in [1.54, 1.807) is 7.11 Å². The highest BCUT2D eigenvalue weighted by molar-refractivity contribution is 5.76. The third-order valence-corrected chi connectivity index (χ3v) is 2.30. The molecule has 1 aliphatic heterocycles. The predicted octanol–water partition coefficient (Wildman–Crippen LogP) is 1.92. The lowest BCUT2D eigenvalue weighted by atomic mass is 10.00. The van der Waals surface area contributed by atoms with Gasteiger partial charge in [-0.3, -0.25) is 4.79 Å². The van der Waals surface area contributed by atoms with Gasteiger partial charge in [0.2, 0.25) is 5.91 Å². The van der Waals surface area contributed by atoms with Gasteiger partial charge in [0, 0.05) is 26.6 Å². The average Bonchev–Trinajstić information content (AvgIpc) is 2.22. The Labute approximate surface area is 87.4 Å². The molecule has 1 atom stereocenters. The van der Waals surface area contributed by atoms with Gasteiger partial charge in [-0.2, -0.15) is 0 Å². The molecule has 0 aliphatic carbocycles. The molecule has 0 N–H and O–H groups in total. The largest absolute Gasteiger partial charge is 0.383 e. The van der Waals surface area contributed by atoms with Crippen molar-refractivity contribution in [2.24, 2.45) is 5.92 Å². The lowest BCUT2D eigenvalue weighted by Crippen LogP contribution is -2.40. The van der Waals surface area contributed by atoms with Crippen LogP contribution in [-0.4, -0.2) is 37.6 Å².